The van der Waals surface area contributed by atoms with Crippen LogP contribution in [0.1, 0.15) is 31.9 Å². The fraction of sp³-hybridized carbons (Fsp3) is 0.250. The molecular formula is C24H34P+. The molecule has 0 aliphatic heterocycles. The lowest BCUT2D eigenvalue weighted by Crippen LogP contribution is -1.90. The summed E-state index contributed by atoms with van der Waals surface area (Å²) in [6.07, 6.45) is 1.32. The molecule has 0 aliphatic carbocycles. The van der Waals surface area contributed by atoms with Crippen molar-refractivity contribution < 1.29 is 0 Å². The van der Waals surface area contributed by atoms with E-state index < -0.39 is 0 Å². The molecule has 0 aromatic heterocycles. The van der Waals surface area contributed by atoms with E-state index in [0.717, 1.165) is 0 Å². The first-order chi connectivity index (χ1) is 12.2. The van der Waals surface area contributed by atoms with E-state index in [2.05, 4.69) is 75.4 Å². The van der Waals surface area contributed by atoms with Crippen molar-refractivity contribution in [3.05, 3.63) is 102 Å². The van der Waals surface area contributed by atoms with Crippen LogP contribution < -0.4 is 5.30 Å². The Morgan fingerprint density at radius 2 is 0.880 bits per heavy atom. The quantitative estimate of drug-likeness (QED) is 0.447. The van der Waals surface area contributed by atoms with Crippen molar-refractivity contribution in [1.29, 1.82) is 0 Å². The predicted molar refractivity (Wildman–Crippen MR) is 120 cm³/mol. The van der Waals surface area contributed by atoms with Crippen LogP contribution in [0.5, 0.6) is 0 Å². The molecule has 0 spiro atoms. The molecule has 0 amide bonds. The third-order valence-electron chi connectivity index (χ3n) is 3.12. The Kier molecular flexibility index (Phi) is 15.6. The summed E-state index contributed by atoms with van der Waals surface area (Å²) >= 11 is 0. The minimum absolute atomic E-state index is 0.543. The van der Waals surface area contributed by atoms with Crippen LogP contribution in [-0.4, -0.2) is 6.16 Å². The molecular weight excluding hydrogens is 319 g/mol. The topological polar surface area (TPSA) is 0 Å². The molecule has 0 nitrogen and oxygen atoms in total. The van der Waals surface area contributed by atoms with Gasteiger partial charge in [0, 0.05) is 8.58 Å². The molecule has 0 saturated carbocycles. The molecule has 3 aromatic carbocycles. The van der Waals surface area contributed by atoms with Crippen LogP contribution in [0.2, 0.25) is 0 Å². The summed E-state index contributed by atoms with van der Waals surface area (Å²) in [5.41, 5.74) is 2.64. The van der Waals surface area contributed by atoms with Crippen molar-refractivity contribution in [2.75, 3.05) is 6.16 Å². The zero-order chi connectivity index (χ0) is 18.8. The Bertz CT molecular complexity index is 566. The number of aryl methyl sites for hydroxylation is 2. The maximum Gasteiger partial charge on any atom is 0.0889 e. The zero-order valence-corrected chi connectivity index (χ0v) is 17.6. The third kappa shape index (κ3) is 14.2. The summed E-state index contributed by atoms with van der Waals surface area (Å²) < 4.78 is 0. The average Bonchev–Trinajstić information content (AvgIpc) is 2.67. The van der Waals surface area contributed by atoms with Gasteiger partial charge in [-0.05, 0) is 32.9 Å². The molecule has 1 unspecified atom stereocenters. The van der Waals surface area contributed by atoms with Crippen LogP contribution >= 0.6 is 8.58 Å². The van der Waals surface area contributed by atoms with Gasteiger partial charge >= 0.3 is 0 Å². The lowest BCUT2D eigenvalue weighted by molar-refractivity contribution is 1.48. The molecule has 0 bridgehead atoms. The largest absolute Gasteiger partial charge is 0.0889 e. The van der Waals surface area contributed by atoms with Crippen molar-refractivity contribution in [3.63, 3.8) is 0 Å². The van der Waals surface area contributed by atoms with E-state index in [4.69, 9.17) is 0 Å². The number of rotatable bonds is 2. The van der Waals surface area contributed by atoms with Gasteiger partial charge in [0.1, 0.15) is 0 Å². The van der Waals surface area contributed by atoms with Crippen molar-refractivity contribution >= 4 is 13.9 Å². The molecule has 0 heterocycles. The molecule has 0 saturated heterocycles. The van der Waals surface area contributed by atoms with E-state index in [1.165, 1.54) is 22.6 Å². The van der Waals surface area contributed by atoms with Gasteiger partial charge in [-0.15, -0.1) is 0 Å². The minimum atomic E-state index is 0.543. The van der Waals surface area contributed by atoms with E-state index in [9.17, 15) is 0 Å². The maximum absolute atomic E-state index is 2.24. The van der Waals surface area contributed by atoms with Crippen molar-refractivity contribution in [2.24, 2.45) is 0 Å². The fourth-order valence-electron chi connectivity index (χ4n) is 1.89. The Morgan fingerprint density at radius 3 is 1.12 bits per heavy atom. The van der Waals surface area contributed by atoms with Crippen molar-refractivity contribution in [1.82, 2.24) is 0 Å². The van der Waals surface area contributed by atoms with Crippen LogP contribution in [0.25, 0.3) is 0 Å². The molecule has 25 heavy (non-hydrogen) atoms. The lowest BCUT2D eigenvalue weighted by atomic mass is 10.2. The first kappa shape index (κ1) is 23.1. The van der Waals surface area contributed by atoms with Crippen LogP contribution in [0, 0.1) is 13.8 Å². The number of hydrogen-bond acceptors (Lipinski definition) is 0. The molecule has 0 N–H and O–H groups in total. The molecule has 134 valence electrons. The second-order valence-electron chi connectivity index (χ2n) is 5.33. The molecule has 0 radical (unpaired) electrons. The van der Waals surface area contributed by atoms with E-state index in [1.54, 1.807) is 0 Å². The predicted octanol–water partition coefficient (Wildman–Crippen LogP) is 6.76. The smallest absolute Gasteiger partial charge is 0.0683 e. The van der Waals surface area contributed by atoms with Gasteiger partial charge in [0.25, 0.3) is 0 Å². The highest BCUT2D eigenvalue weighted by atomic mass is 31.1. The summed E-state index contributed by atoms with van der Waals surface area (Å²) in [6.45, 7) is 10.4. The summed E-state index contributed by atoms with van der Waals surface area (Å²) in [5.74, 6) is 0. The highest BCUT2D eigenvalue weighted by molar-refractivity contribution is 7.47. The summed E-state index contributed by atoms with van der Waals surface area (Å²) in [4.78, 5) is 0. The fourth-order valence-corrected chi connectivity index (χ4v) is 2.86. The van der Waals surface area contributed by atoms with Crippen LogP contribution in [0.3, 0.4) is 0 Å². The molecule has 3 rings (SSSR count). The highest BCUT2D eigenvalue weighted by Gasteiger charge is 1.91. The van der Waals surface area contributed by atoms with Crippen LogP contribution in [-0.2, 0) is 0 Å². The molecule has 3 aromatic rings. The minimum Gasteiger partial charge on any atom is -0.0683 e. The van der Waals surface area contributed by atoms with E-state index in [0.29, 0.717) is 8.58 Å². The normalized spacial score (nSPS) is 9.00. The van der Waals surface area contributed by atoms with Gasteiger partial charge in [-0.2, -0.15) is 0 Å². The monoisotopic (exact) mass is 353 g/mol. The molecule has 0 fully saturated rings. The van der Waals surface area contributed by atoms with Gasteiger partial charge in [0.05, 0.1) is 11.5 Å². The van der Waals surface area contributed by atoms with E-state index in [1.807, 2.05) is 50.2 Å². The van der Waals surface area contributed by atoms with E-state index >= 15 is 0 Å². The molecule has 0 aliphatic rings. The Balaban J connectivity index is 0.000000332. The number of benzene rings is 3. The maximum atomic E-state index is 2.24. The van der Waals surface area contributed by atoms with Gasteiger partial charge in [-0.1, -0.05) is 104 Å². The first-order valence-corrected chi connectivity index (χ1v) is 10.5. The Morgan fingerprint density at radius 1 is 0.560 bits per heavy atom. The highest BCUT2D eigenvalue weighted by Crippen LogP contribution is 2.06. The van der Waals surface area contributed by atoms with Crippen LogP contribution in [0.15, 0.2) is 91.0 Å². The Hall–Kier alpha value is -1.91. The summed E-state index contributed by atoms with van der Waals surface area (Å²) in [6, 6.07) is 31.2. The average molecular weight is 354 g/mol. The third-order valence-corrected chi connectivity index (χ3v) is 4.38. The van der Waals surface area contributed by atoms with Gasteiger partial charge in [-0.3, -0.25) is 0 Å². The van der Waals surface area contributed by atoms with Gasteiger partial charge in [0.15, 0.2) is 0 Å². The second kappa shape index (κ2) is 16.9. The van der Waals surface area contributed by atoms with E-state index in [-0.39, 0.29) is 0 Å². The van der Waals surface area contributed by atoms with Crippen LogP contribution in [0.4, 0.5) is 0 Å². The Labute approximate surface area is 157 Å². The van der Waals surface area contributed by atoms with Gasteiger partial charge in [0.2, 0.25) is 0 Å². The van der Waals surface area contributed by atoms with Crippen molar-refractivity contribution in [2.45, 2.75) is 34.6 Å². The van der Waals surface area contributed by atoms with Crippen molar-refractivity contribution in [3.8, 4) is 0 Å². The SMILES string of the molecule is CC.CC[PH2+]c1ccccc1.Cc1ccccc1.Cc1ccccc1. The standard InChI is InChI=1S/C8H11P.2C7H8.C2H6/c1-2-9-8-6-4-3-5-7-8;2*1-7-5-3-2-4-6-7;1-2/h3-7,9H,2H2,1H3;2*2-6H,1H3;1-2H3/p+1. The lowest BCUT2D eigenvalue weighted by Gasteiger charge is -1.86. The van der Waals surface area contributed by atoms with Gasteiger partial charge in [-0.25, -0.2) is 0 Å². The van der Waals surface area contributed by atoms with Gasteiger partial charge < -0.3 is 0 Å². The second-order valence-corrected chi connectivity index (χ2v) is 7.22. The molecule has 1 heteroatoms. The molecule has 1 atom stereocenters. The summed E-state index contributed by atoms with van der Waals surface area (Å²) in [5, 5.41) is 1.53. The first-order valence-electron chi connectivity index (χ1n) is 9.14. The summed E-state index contributed by atoms with van der Waals surface area (Å²) in [7, 11) is 0.543. The number of hydrogen-bond donors (Lipinski definition) is 0. The zero-order valence-electron chi connectivity index (χ0n) is 16.4.